The molecule has 0 unspecified atom stereocenters. The van der Waals surface area contributed by atoms with E-state index in [1.165, 1.54) is 24.3 Å². The molecule has 0 atom stereocenters. The summed E-state index contributed by atoms with van der Waals surface area (Å²) in [6.45, 7) is -0.424. The van der Waals surface area contributed by atoms with Gasteiger partial charge in [0, 0.05) is 23.8 Å². The van der Waals surface area contributed by atoms with E-state index in [1.54, 1.807) is 24.3 Å². The molecule has 1 amide bonds. The Morgan fingerprint density at radius 2 is 1.70 bits per heavy atom. The van der Waals surface area contributed by atoms with Crippen molar-refractivity contribution in [1.82, 2.24) is 5.32 Å². The Hall–Kier alpha value is -3.33. The predicted molar refractivity (Wildman–Crippen MR) is 104 cm³/mol. The Morgan fingerprint density at radius 1 is 1.03 bits per heavy atom. The molecule has 0 aliphatic rings. The van der Waals surface area contributed by atoms with Gasteiger partial charge in [-0.3, -0.25) is 9.59 Å². The van der Waals surface area contributed by atoms with E-state index < -0.39 is 30.4 Å². The van der Waals surface area contributed by atoms with E-state index in [-0.39, 0.29) is 17.8 Å². The molecule has 0 aromatic heterocycles. The van der Waals surface area contributed by atoms with Crippen LogP contribution in [0.4, 0.5) is 18.9 Å². The molecule has 0 saturated carbocycles. The highest BCUT2D eigenvalue weighted by Crippen LogP contribution is 2.18. The molecule has 0 bridgehead atoms. The zero-order valence-corrected chi connectivity index (χ0v) is 16.1. The van der Waals surface area contributed by atoms with Crippen LogP contribution in [0.15, 0.2) is 60.8 Å². The summed E-state index contributed by atoms with van der Waals surface area (Å²) in [6, 6.07) is 12.7. The van der Waals surface area contributed by atoms with E-state index >= 15 is 0 Å². The summed E-state index contributed by atoms with van der Waals surface area (Å²) < 4.78 is 41.5. The fourth-order valence-corrected chi connectivity index (χ4v) is 2.39. The van der Waals surface area contributed by atoms with Crippen LogP contribution in [0.5, 0.6) is 0 Å². The minimum Gasteiger partial charge on any atom is -0.452 e. The molecule has 0 aliphatic heterocycles. The van der Waals surface area contributed by atoms with Gasteiger partial charge in [0.25, 0.3) is 11.7 Å². The quantitative estimate of drug-likeness (QED) is 0.481. The van der Waals surface area contributed by atoms with Crippen molar-refractivity contribution in [3.8, 4) is 0 Å². The summed E-state index contributed by atoms with van der Waals surface area (Å²) in [5.41, 5.74) is 0.763. The third kappa shape index (κ3) is 6.93. The molecule has 0 saturated heterocycles. The van der Waals surface area contributed by atoms with Gasteiger partial charge < -0.3 is 15.4 Å². The lowest BCUT2D eigenvalue weighted by Gasteiger charge is -2.10. The Morgan fingerprint density at radius 3 is 2.40 bits per heavy atom. The number of para-hydroxylation sites is 1. The monoisotopic (exact) mass is 440 g/mol. The number of hydrogen-bond acceptors (Lipinski definition) is 5. The fourth-order valence-electron chi connectivity index (χ4n) is 2.18. The normalized spacial score (nSPS) is 11.2. The van der Waals surface area contributed by atoms with Gasteiger partial charge in [-0.2, -0.15) is 13.2 Å². The Labute approximate surface area is 174 Å². The second-order valence-corrected chi connectivity index (χ2v) is 6.24. The zero-order valence-electron chi connectivity index (χ0n) is 15.3. The molecular weight excluding hydrogens is 425 g/mol. The number of rotatable bonds is 8. The summed E-state index contributed by atoms with van der Waals surface area (Å²) in [4.78, 5) is 34.9. The number of benzene rings is 2. The number of anilines is 1. The molecular formula is C20H16ClF3N2O4. The van der Waals surface area contributed by atoms with E-state index in [4.69, 9.17) is 16.3 Å². The van der Waals surface area contributed by atoms with Gasteiger partial charge in [-0.25, -0.2) is 4.79 Å². The van der Waals surface area contributed by atoms with E-state index in [1.807, 2.05) is 0 Å². The lowest BCUT2D eigenvalue weighted by atomic mass is 10.2. The van der Waals surface area contributed by atoms with Crippen LogP contribution in [0.2, 0.25) is 5.02 Å². The lowest BCUT2D eigenvalue weighted by molar-refractivity contribution is -0.165. The highest BCUT2D eigenvalue weighted by Gasteiger charge is 2.36. The molecule has 0 aliphatic carbocycles. The van der Waals surface area contributed by atoms with Crippen molar-refractivity contribution < 1.29 is 32.3 Å². The predicted octanol–water partition coefficient (Wildman–Crippen LogP) is 3.87. The molecule has 2 aromatic carbocycles. The smallest absolute Gasteiger partial charge is 0.452 e. The maximum absolute atomic E-state index is 12.2. The average Bonchev–Trinajstić information content (AvgIpc) is 2.71. The number of amides is 1. The standard InChI is InChI=1S/C20H16ClF3N2O4/c21-15-7-3-1-5-13(15)11-26-18(28)12-30-19(29)14-6-2-4-8-16(14)25-10-9-17(27)20(22,23)24/h1-10,25H,11-12H2,(H,26,28)/b10-9+. The van der Waals surface area contributed by atoms with Crippen molar-refractivity contribution in [3.05, 3.63) is 77.0 Å². The molecule has 0 spiro atoms. The molecule has 0 fully saturated rings. The summed E-state index contributed by atoms with van der Waals surface area (Å²) in [6.07, 6.45) is -3.93. The van der Waals surface area contributed by atoms with Crippen molar-refractivity contribution in [2.45, 2.75) is 12.7 Å². The van der Waals surface area contributed by atoms with E-state index in [9.17, 15) is 27.6 Å². The van der Waals surface area contributed by atoms with Gasteiger partial charge in [0.05, 0.1) is 11.3 Å². The second-order valence-electron chi connectivity index (χ2n) is 5.83. The summed E-state index contributed by atoms with van der Waals surface area (Å²) >= 11 is 5.99. The molecule has 2 rings (SSSR count). The van der Waals surface area contributed by atoms with E-state index in [2.05, 4.69) is 10.6 Å². The van der Waals surface area contributed by atoms with Crippen molar-refractivity contribution in [1.29, 1.82) is 0 Å². The second kappa shape index (κ2) is 10.4. The van der Waals surface area contributed by atoms with Crippen LogP contribution in [0.3, 0.4) is 0 Å². The van der Waals surface area contributed by atoms with Crippen LogP contribution in [0.1, 0.15) is 15.9 Å². The molecule has 30 heavy (non-hydrogen) atoms. The average molecular weight is 441 g/mol. The van der Waals surface area contributed by atoms with Gasteiger partial charge in [0.1, 0.15) is 0 Å². The molecule has 2 aromatic rings. The minimum absolute atomic E-state index is 0.0273. The molecule has 158 valence electrons. The molecule has 2 N–H and O–H groups in total. The Bertz CT molecular complexity index is 961. The number of ketones is 1. The number of carbonyl (C=O) groups excluding carboxylic acids is 3. The summed E-state index contributed by atoms with van der Waals surface area (Å²) in [7, 11) is 0. The minimum atomic E-state index is -4.99. The number of alkyl halides is 3. The van der Waals surface area contributed by atoms with Gasteiger partial charge in [-0.15, -0.1) is 0 Å². The SMILES string of the molecule is O=C(COC(=O)c1ccccc1N/C=C/C(=O)C(F)(F)F)NCc1ccccc1Cl. The van der Waals surface area contributed by atoms with E-state index in [0.29, 0.717) is 16.7 Å². The number of esters is 1. The van der Waals surface area contributed by atoms with Crippen molar-refractivity contribution >= 4 is 34.9 Å². The molecule has 10 heteroatoms. The highest BCUT2D eigenvalue weighted by atomic mass is 35.5. The van der Waals surface area contributed by atoms with Crippen LogP contribution in [0, 0.1) is 0 Å². The van der Waals surface area contributed by atoms with Gasteiger partial charge >= 0.3 is 12.1 Å². The van der Waals surface area contributed by atoms with Gasteiger partial charge in [-0.1, -0.05) is 41.9 Å². The Kier molecular flexibility index (Phi) is 7.99. The van der Waals surface area contributed by atoms with Gasteiger partial charge in [-0.05, 0) is 23.8 Å². The lowest BCUT2D eigenvalue weighted by Crippen LogP contribution is -2.28. The maximum Gasteiger partial charge on any atom is 0.454 e. The third-order valence-corrected chi connectivity index (χ3v) is 4.04. The number of allylic oxidation sites excluding steroid dienone is 1. The Balaban J connectivity index is 1.91. The number of hydrogen-bond donors (Lipinski definition) is 2. The number of carbonyl (C=O) groups is 3. The first-order valence-corrected chi connectivity index (χ1v) is 8.87. The first kappa shape index (κ1) is 23.0. The van der Waals surface area contributed by atoms with Crippen LogP contribution in [-0.4, -0.2) is 30.4 Å². The number of ether oxygens (including phenoxy) is 1. The maximum atomic E-state index is 12.2. The van der Waals surface area contributed by atoms with Crippen molar-refractivity contribution in [2.24, 2.45) is 0 Å². The van der Waals surface area contributed by atoms with E-state index in [0.717, 1.165) is 6.20 Å². The molecule has 0 radical (unpaired) electrons. The summed E-state index contributed by atoms with van der Waals surface area (Å²) in [5.74, 6) is -3.49. The van der Waals surface area contributed by atoms with Crippen LogP contribution < -0.4 is 10.6 Å². The van der Waals surface area contributed by atoms with Crippen molar-refractivity contribution in [3.63, 3.8) is 0 Å². The number of nitrogens with one attached hydrogen (secondary N) is 2. The molecule has 6 nitrogen and oxygen atoms in total. The topological polar surface area (TPSA) is 84.5 Å². The number of halogens is 4. The fraction of sp³-hybridized carbons (Fsp3) is 0.150. The van der Waals surface area contributed by atoms with Crippen LogP contribution in [0.25, 0.3) is 0 Å². The van der Waals surface area contributed by atoms with Crippen LogP contribution >= 0.6 is 11.6 Å². The van der Waals surface area contributed by atoms with Crippen molar-refractivity contribution in [2.75, 3.05) is 11.9 Å². The first-order chi connectivity index (χ1) is 14.2. The summed E-state index contributed by atoms with van der Waals surface area (Å²) in [5, 5.41) is 5.45. The highest BCUT2D eigenvalue weighted by molar-refractivity contribution is 6.31. The van der Waals surface area contributed by atoms with Gasteiger partial charge in [0.2, 0.25) is 0 Å². The zero-order chi connectivity index (χ0) is 22.1. The first-order valence-electron chi connectivity index (χ1n) is 8.49. The van der Waals surface area contributed by atoms with Crippen LogP contribution in [-0.2, 0) is 20.9 Å². The largest absolute Gasteiger partial charge is 0.454 e. The third-order valence-electron chi connectivity index (χ3n) is 3.67. The molecule has 0 heterocycles. The van der Waals surface area contributed by atoms with Gasteiger partial charge in [0.15, 0.2) is 6.61 Å².